The van der Waals surface area contributed by atoms with Gasteiger partial charge in [-0.2, -0.15) is 11.8 Å². The van der Waals surface area contributed by atoms with Crippen LogP contribution in [0.1, 0.15) is 21.1 Å². The smallest absolute Gasteiger partial charge is 0.272 e. The maximum absolute atomic E-state index is 12.9. The zero-order valence-corrected chi connectivity index (χ0v) is 16.7. The molecule has 2 N–H and O–H groups in total. The molecule has 0 bridgehead atoms. The number of H-pyrrole nitrogens is 1. The van der Waals surface area contributed by atoms with Crippen LogP contribution in [-0.4, -0.2) is 45.4 Å². The summed E-state index contributed by atoms with van der Waals surface area (Å²) in [6, 6.07) is 7.26. The molecule has 1 amide bonds. The van der Waals surface area contributed by atoms with E-state index < -0.39 is 0 Å². The number of anilines is 1. The molecule has 1 saturated heterocycles. The molecule has 26 heavy (non-hydrogen) atoms. The molecule has 1 aliphatic heterocycles. The highest BCUT2D eigenvalue weighted by atomic mass is 35.5. The van der Waals surface area contributed by atoms with Crippen molar-refractivity contribution in [1.82, 2.24) is 14.9 Å². The molecule has 1 aromatic carbocycles. The Balaban J connectivity index is 1.67. The van der Waals surface area contributed by atoms with Crippen molar-refractivity contribution in [3.05, 3.63) is 45.6 Å². The normalized spacial score (nSPS) is 15.5. The Morgan fingerprint density at radius 2 is 2.12 bits per heavy atom. The number of aromatic nitrogens is 2. The third kappa shape index (κ3) is 3.62. The highest BCUT2D eigenvalue weighted by molar-refractivity contribution is 7.99. The van der Waals surface area contributed by atoms with Crippen LogP contribution in [0.15, 0.2) is 24.3 Å². The lowest BCUT2D eigenvalue weighted by atomic mass is 10.2. The van der Waals surface area contributed by atoms with Gasteiger partial charge in [0, 0.05) is 36.7 Å². The number of nitrogens with zero attached hydrogens (tertiary/aromatic N) is 2. The fourth-order valence-corrected chi connectivity index (χ4v) is 5.18. The van der Waals surface area contributed by atoms with Crippen molar-refractivity contribution in [2.75, 3.05) is 29.9 Å². The summed E-state index contributed by atoms with van der Waals surface area (Å²) in [6.45, 7) is 4.83. The molecule has 1 aliphatic rings. The lowest BCUT2D eigenvalue weighted by Crippen LogP contribution is -2.32. The number of thiazole rings is 1. The standard InChI is InChI=1S/C18H19ClN4OS2/c1-11-20-17-16(26-11)12(10-23-6-8-25-9-7-23)15(22-17)18(24)21-14-5-3-2-4-13(14)19/h2-5,22H,6-10H2,1H3,(H,21,24). The van der Waals surface area contributed by atoms with Crippen molar-refractivity contribution in [2.45, 2.75) is 13.5 Å². The highest BCUT2D eigenvalue weighted by Crippen LogP contribution is 2.31. The molecule has 2 aromatic heterocycles. The van der Waals surface area contributed by atoms with Gasteiger partial charge in [-0.3, -0.25) is 9.69 Å². The van der Waals surface area contributed by atoms with Gasteiger partial charge < -0.3 is 10.3 Å². The van der Waals surface area contributed by atoms with E-state index in [1.165, 1.54) is 0 Å². The summed E-state index contributed by atoms with van der Waals surface area (Å²) in [5.41, 5.74) is 3.01. The largest absolute Gasteiger partial charge is 0.334 e. The number of aromatic amines is 1. The van der Waals surface area contributed by atoms with Gasteiger partial charge in [0.1, 0.15) is 11.3 Å². The Bertz CT molecular complexity index is 946. The van der Waals surface area contributed by atoms with E-state index in [1.807, 2.05) is 30.8 Å². The number of halogens is 1. The second-order valence-electron chi connectivity index (χ2n) is 6.21. The Hall–Kier alpha value is -1.54. The quantitative estimate of drug-likeness (QED) is 0.674. The van der Waals surface area contributed by atoms with Crippen molar-refractivity contribution in [1.29, 1.82) is 0 Å². The first kappa shape index (κ1) is 17.9. The molecule has 0 spiro atoms. The van der Waals surface area contributed by atoms with E-state index in [1.54, 1.807) is 23.5 Å². The van der Waals surface area contributed by atoms with Gasteiger partial charge in [0.05, 0.1) is 20.4 Å². The van der Waals surface area contributed by atoms with Gasteiger partial charge in [0.2, 0.25) is 0 Å². The number of amides is 1. The lowest BCUT2D eigenvalue weighted by Gasteiger charge is -2.26. The number of hydrogen-bond donors (Lipinski definition) is 2. The van der Waals surface area contributed by atoms with Gasteiger partial charge in [-0.15, -0.1) is 11.3 Å². The van der Waals surface area contributed by atoms with Gasteiger partial charge in [0.15, 0.2) is 0 Å². The Morgan fingerprint density at radius 3 is 2.88 bits per heavy atom. The van der Waals surface area contributed by atoms with Crippen molar-refractivity contribution in [3.8, 4) is 0 Å². The van der Waals surface area contributed by atoms with Crippen LogP contribution < -0.4 is 5.32 Å². The second-order valence-corrected chi connectivity index (χ2v) is 9.05. The van der Waals surface area contributed by atoms with Crippen LogP contribution in [0.5, 0.6) is 0 Å². The van der Waals surface area contributed by atoms with Crippen LogP contribution in [0.25, 0.3) is 10.3 Å². The van der Waals surface area contributed by atoms with E-state index in [0.29, 0.717) is 16.4 Å². The van der Waals surface area contributed by atoms with E-state index in [0.717, 1.165) is 52.1 Å². The molecule has 0 radical (unpaired) electrons. The molecule has 5 nitrogen and oxygen atoms in total. The molecule has 136 valence electrons. The average Bonchev–Trinajstić information content (AvgIpc) is 3.15. The lowest BCUT2D eigenvalue weighted by molar-refractivity contribution is 0.102. The topological polar surface area (TPSA) is 61.0 Å². The first-order chi connectivity index (χ1) is 12.6. The van der Waals surface area contributed by atoms with E-state index >= 15 is 0 Å². The molecule has 0 atom stereocenters. The number of thioether (sulfide) groups is 1. The maximum atomic E-state index is 12.9. The average molecular weight is 407 g/mol. The summed E-state index contributed by atoms with van der Waals surface area (Å²) < 4.78 is 1.07. The molecule has 0 saturated carbocycles. The molecule has 1 fully saturated rings. The Morgan fingerprint density at radius 1 is 1.35 bits per heavy atom. The number of benzene rings is 1. The summed E-state index contributed by atoms with van der Waals surface area (Å²) in [4.78, 5) is 23.1. The minimum atomic E-state index is -0.178. The zero-order valence-electron chi connectivity index (χ0n) is 14.3. The SMILES string of the molecule is Cc1nc2[nH]c(C(=O)Nc3ccccc3Cl)c(CN3CCSCC3)c2s1. The van der Waals surface area contributed by atoms with Crippen LogP contribution in [0.2, 0.25) is 5.02 Å². The highest BCUT2D eigenvalue weighted by Gasteiger charge is 2.23. The van der Waals surface area contributed by atoms with Gasteiger partial charge in [0.25, 0.3) is 5.91 Å². The number of carbonyl (C=O) groups is 1. The number of hydrogen-bond acceptors (Lipinski definition) is 5. The van der Waals surface area contributed by atoms with E-state index in [9.17, 15) is 4.79 Å². The van der Waals surface area contributed by atoms with Crippen molar-refractivity contribution in [3.63, 3.8) is 0 Å². The van der Waals surface area contributed by atoms with Crippen LogP contribution in [-0.2, 0) is 6.54 Å². The first-order valence-corrected chi connectivity index (χ1v) is 10.8. The van der Waals surface area contributed by atoms with Crippen LogP contribution in [0.3, 0.4) is 0 Å². The van der Waals surface area contributed by atoms with E-state index in [4.69, 9.17) is 11.6 Å². The first-order valence-electron chi connectivity index (χ1n) is 8.46. The van der Waals surface area contributed by atoms with Crippen molar-refractivity contribution >= 4 is 56.6 Å². The summed E-state index contributed by atoms with van der Waals surface area (Å²) in [6.07, 6.45) is 0. The number of rotatable bonds is 4. The molecule has 3 aromatic rings. The van der Waals surface area contributed by atoms with E-state index in [-0.39, 0.29) is 5.91 Å². The second kappa shape index (κ2) is 7.60. The molecule has 0 unspecified atom stereocenters. The Kier molecular flexibility index (Phi) is 5.22. The number of fused-ring (bicyclic) bond motifs is 1. The molecule has 8 heteroatoms. The van der Waals surface area contributed by atoms with E-state index in [2.05, 4.69) is 20.2 Å². The fraction of sp³-hybridized carbons (Fsp3) is 0.333. The molecule has 3 heterocycles. The van der Waals surface area contributed by atoms with Crippen molar-refractivity contribution < 1.29 is 4.79 Å². The fourth-order valence-electron chi connectivity index (χ4n) is 3.10. The van der Waals surface area contributed by atoms with Gasteiger partial charge in [-0.1, -0.05) is 23.7 Å². The minimum Gasteiger partial charge on any atom is -0.334 e. The summed E-state index contributed by atoms with van der Waals surface area (Å²) in [7, 11) is 0. The predicted molar refractivity (Wildman–Crippen MR) is 111 cm³/mol. The van der Waals surface area contributed by atoms with Crippen LogP contribution in [0, 0.1) is 6.92 Å². The third-order valence-corrected chi connectivity index (χ3v) is 6.69. The van der Waals surface area contributed by atoms with Crippen LogP contribution >= 0.6 is 34.7 Å². The third-order valence-electron chi connectivity index (χ3n) is 4.39. The van der Waals surface area contributed by atoms with Crippen LogP contribution in [0.4, 0.5) is 5.69 Å². The van der Waals surface area contributed by atoms with Gasteiger partial charge in [-0.05, 0) is 19.1 Å². The Labute approximate surface area is 165 Å². The zero-order chi connectivity index (χ0) is 18.1. The summed E-state index contributed by atoms with van der Waals surface area (Å²) >= 11 is 9.80. The molecular weight excluding hydrogens is 388 g/mol. The predicted octanol–water partition coefficient (Wildman–Crippen LogP) is 4.39. The number of aryl methyl sites for hydroxylation is 1. The minimum absolute atomic E-state index is 0.178. The molecule has 4 rings (SSSR count). The van der Waals surface area contributed by atoms with Gasteiger partial charge in [-0.25, -0.2) is 4.98 Å². The number of carbonyl (C=O) groups excluding carboxylic acids is 1. The summed E-state index contributed by atoms with van der Waals surface area (Å²) in [5.74, 6) is 2.09. The monoisotopic (exact) mass is 406 g/mol. The van der Waals surface area contributed by atoms with Crippen molar-refractivity contribution in [2.24, 2.45) is 0 Å². The number of nitrogens with one attached hydrogen (secondary N) is 2. The van der Waals surface area contributed by atoms with Gasteiger partial charge >= 0.3 is 0 Å². The number of para-hydroxylation sites is 1. The molecule has 0 aliphatic carbocycles. The maximum Gasteiger partial charge on any atom is 0.272 e. The summed E-state index contributed by atoms with van der Waals surface area (Å²) in [5, 5.41) is 4.45. The molecular formula is C18H19ClN4OS2.